The van der Waals surface area contributed by atoms with E-state index in [0.29, 0.717) is 29.1 Å². The summed E-state index contributed by atoms with van der Waals surface area (Å²) >= 11 is 0. The number of hydrogen-bond acceptors (Lipinski definition) is 6. The van der Waals surface area contributed by atoms with E-state index in [1.54, 1.807) is 27.0 Å². The first kappa shape index (κ1) is 30.6. The lowest BCUT2D eigenvalue weighted by molar-refractivity contribution is 0.0419. The van der Waals surface area contributed by atoms with Crippen LogP contribution in [-0.4, -0.2) is 51.8 Å². The molecule has 0 saturated heterocycles. The minimum Gasteiger partial charge on any atom is -0.496 e. The Morgan fingerprint density at radius 1 is 1.10 bits per heavy atom. The number of carbonyl (C=O) groups excluding carboxylic acids is 1. The topological polar surface area (TPSA) is 96.7 Å². The first-order chi connectivity index (χ1) is 19.8. The molecule has 4 rings (SSSR count). The predicted molar refractivity (Wildman–Crippen MR) is 163 cm³/mol. The van der Waals surface area contributed by atoms with Gasteiger partial charge >= 0.3 is 0 Å². The standard InChI is InChI=1S/C33H37FN4O4/c1-20-23(22-14-28(34)27(30(15-22)42-7)17-37(5)18-33(3,4)41)10-8-11-24(20)25-12-9-13-29(21(25)2)36-31(39)26-16-35-19-38(6)32(26)40/h8-16,19,41H,17-18H2,1-7H3,(H,36,39). The lowest BCUT2D eigenvalue weighted by Gasteiger charge is -2.26. The predicted octanol–water partition coefficient (Wildman–Crippen LogP) is 5.33. The molecular weight excluding hydrogens is 535 g/mol. The number of methoxy groups -OCH3 is 1. The second kappa shape index (κ2) is 12.3. The number of carbonyl (C=O) groups is 1. The minimum atomic E-state index is -0.913. The molecule has 2 N–H and O–H groups in total. The highest BCUT2D eigenvalue weighted by atomic mass is 19.1. The molecule has 3 aromatic carbocycles. The average Bonchev–Trinajstić information content (AvgIpc) is 2.91. The Morgan fingerprint density at radius 3 is 2.40 bits per heavy atom. The van der Waals surface area contributed by atoms with Crippen LogP contribution in [0.5, 0.6) is 5.75 Å². The summed E-state index contributed by atoms with van der Waals surface area (Å²) in [7, 11) is 4.89. The van der Waals surface area contributed by atoms with Gasteiger partial charge in [0.1, 0.15) is 17.1 Å². The van der Waals surface area contributed by atoms with Crippen LogP contribution in [0.25, 0.3) is 22.3 Å². The van der Waals surface area contributed by atoms with Crippen molar-refractivity contribution in [2.45, 2.75) is 39.8 Å². The number of rotatable bonds is 9. The summed E-state index contributed by atoms with van der Waals surface area (Å²) < 4.78 is 22.4. The number of amides is 1. The number of likely N-dealkylation sites (N-methyl/N-ethyl adjacent to an activating group) is 1. The number of benzene rings is 3. The maximum Gasteiger partial charge on any atom is 0.265 e. The molecule has 0 unspecified atom stereocenters. The molecule has 8 nitrogen and oxygen atoms in total. The van der Waals surface area contributed by atoms with Gasteiger partial charge in [-0.3, -0.25) is 14.5 Å². The van der Waals surface area contributed by atoms with E-state index in [2.05, 4.69) is 10.3 Å². The summed E-state index contributed by atoms with van der Waals surface area (Å²) in [5, 5.41) is 13.0. The number of halogens is 1. The fraction of sp³-hybridized carbons (Fsp3) is 0.303. The molecule has 0 fully saturated rings. The first-order valence-corrected chi connectivity index (χ1v) is 13.6. The second-order valence-electron chi connectivity index (χ2n) is 11.3. The van der Waals surface area contributed by atoms with Crippen molar-refractivity contribution in [2.75, 3.05) is 26.0 Å². The number of aliphatic hydroxyl groups is 1. The molecule has 9 heteroatoms. The highest BCUT2D eigenvalue weighted by Gasteiger charge is 2.21. The maximum absolute atomic E-state index is 15.5. The van der Waals surface area contributed by atoms with Gasteiger partial charge in [-0.2, -0.15) is 0 Å². The van der Waals surface area contributed by atoms with Gasteiger partial charge in [0.25, 0.3) is 11.5 Å². The molecule has 1 heterocycles. The molecule has 4 aromatic rings. The van der Waals surface area contributed by atoms with Gasteiger partial charge in [0.05, 0.1) is 19.0 Å². The number of ether oxygens (including phenoxy) is 1. The Bertz CT molecular complexity index is 1690. The van der Waals surface area contributed by atoms with Crippen LogP contribution >= 0.6 is 0 Å². The molecule has 1 amide bonds. The van der Waals surface area contributed by atoms with Crippen LogP contribution in [0.15, 0.2) is 65.8 Å². The summed E-state index contributed by atoms with van der Waals surface area (Å²) in [5.74, 6) is -0.496. The van der Waals surface area contributed by atoms with Gasteiger partial charge in [0.15, 0.2) is 0 Å². The van der Waals surface area contributed by atoms with Gasteiger partial charge < -0.3 is 19.7 Å². The number of anilines is 1. The number of aromatic nitrogens is 2. The zero-order chi connectivity index (χ0) is 30.8. The third-order valence-corrected chi connectivity index (χ3v) is 7.22. The summed E-state index contributed by atoms with van der Waals surface area (Å²) in [6.07, 6.45) is 2.61. The normalized spacial score (nSPS) is 11.6. The van der Waals surface area contributed by atoms with Crippen LogP contribution in [0.1, 0.15) is 40.9 Å². The van der Waals surface area contributed by atoms with E-state index in [1.165, 1.54) is 30.3 Å². The van der Waals surface area contributed by atoms with Gasteiger partial charge in [0.2, 0.25) is 0 Å². The summed E-state index contributed by atoms with van der Waals surface area (Å²) in [5.41, 5.74) is 4.68. The number of nitrogens with one attached hydrogen (secondary N) is 1. The van der Waals surface area contributed by atoms with Crippen molar-refractivity contribution in [3.8, 4) is 28.0 Å². The zero-order valence-electron chi connectivity index (χ0n) is 25.1. The Morgan fingerprint density at radius 2 is 1.74 bits per heavy atom. The molecule has 0 atom stereocenters. The molecule has 220 valence electrons. The fourth-order valence-electron chi connectivity index (χ4n) is 5.24. The van der Waals surface area contributed by atoms with Crippen molar-refractivity contribution < 1.29 is 19.0 Å². The van der Waals surface area contributed by atoms with E-state index in [0.717, 1.165) is 27.8 Å². The smallest absolute Gasteiger partial charge is 0.265 e. The lowest BCUT2D eigenvalue weighted by Crippen LogP contribution is -2.36. The quantitative estimate of drug-likeness (QED) is 0.281. The molecule has 0 aliphatic heterocycles. The van der Waals surface area contributed by atoms with Crippen LogP contribution < -0.4 is 15.6 Å². The van der Waals surface area contributed by atoms with Crippen molar-refractivity contribution in [3.63, 3.8) is 0 Å². The molecule has 42 heavy (non-hydrogen) atoms. The number of nitrogens with zero attached hydrogens (tertiary/aromatic N) is 3. The summed E-state index contributed by atoms with van der Waals surface area (Å²) in [4.78, 5) is 31.1. The molecule has 0 aliphatic rings. The Balaban J connectivity index is 1.69. The third kappa shape index (κ3) is 6.58. The first-order valence-electron chi connectivity index (χ1n) is 13.6. The van der Waals surface area contributed by atoms with Crippen LogP contribution in [0, 0.1) is 19.7 Å². The van der Waals surface area contributed by atoms with Crippen molar-refractivity contribution in [1.82, 2.24) is 14.5 Å². The second-order valence-corrected chi connectivity index (χ2v) is 11.3. The van der Waals surface area contributed by atoms with Crippen LogP contribution in [0.4, 0.5) is 10.1 Å². The van der Waals surface area contributed by atoms with Gasteiger partial charge in [-0.1, -0.05) is 30.3 Å². The molecule has 0 aliphatic carbocycles. The largest absolute Gasteiger partial charge is 0.496 e. The average molecular weight is 573 g/mol. The molecule has 0 saturated carbocycles. The van der Waals surface area contributed by atoms with Gasteiger partial charge in [-0.05, 0) is 86.3 Å². The number of hydrogen-bond donors (Lipinski definition) is 2. The SMILES string of the molecule is COc1cc(-c2cccc(-c3cccc(NC(=O)c4cncn(C)c4=O)c3C)c2C)cc(F)c1CN(C)CC(C)(C)O. The molecule has 1 aromatic heterocycles. The summed E-state index contributed by atoms with van der Waals surface area (Å²) in [6.45, 7) is 7.95. The van der Waals surface area contributed by atoms with Crippen LogP contribution in [-0.2, 0) is 13.6 Å². The number of aryl methyl sites for hydroxylation is 1. The van der Waals surface area contributed by atoms with E-state index in [4.69, 9.17) is 4.74 Å². The van der Waals surface area contributed by atoms with Crippen molar-refractivity contribution >= 4 is 11.6 Å². The minimum absolute atomic E-state index is 0.0475. The van der Waals surface area contributed by atoms with Crippen LogP contribution in [0.2, 0.25) is 0 Å². The van der Waals surface area contributed by atoms with Gasteiger partial charge in [-0.15, -0.1) is 0 Å². The van der Waals surface area contributed by atoms with E-state index in [1.807, 2.05) is 62.2 Å². The Kier molecular flexibility index (Phi) is 8.94. The third-order valence-electron chi connectivity index (χ3n) is 7.22. The Hall–Kier alpha value is -4.34. The molecule has 0 radical (unpaired) electrons. The highest BCUT2D eigenvalue weighted by Crippen LogP contribution is 2.38. The monoisotopic (exact) mass is 572 g/mol. The van der Waals surface area contributed by atoms with Crippen molar-refractivity contribution in [1.29, 1.82) is 0 Å². The molecular formula is C33H37FN4O4. The van der Waals surface area contributed by atoms with Gasteiger partial charge in [-0.25, -0.2) is 9.37 Å². The van der Waals surface area contributed by atoms with Crippen LogP contribution in [0.3, 0.4) is 0 Å². The molecule has 0 spiro atoms. The van der Waals surface area contributed by atoms with E-state index in [9.17, 15) is 14.7 Å². The van der Waals surface area contributed by atoms with E-state index < -0.39 is 17.1 Å². The van der Waals surface area contributed by atoms with E-state index >= 15 is 4.39 Å². The fourth-order valence-corrected chi connectivity index (χ4v) is 5.24. The van der Waals surface area contributed by atoms with Crippen molar-refractivity contribution in [2.24, 2.45) is 7.05 Å². The van der Waals surface area contributed by atoms with Gasteiger partial charge in [0, 0.05) is 37.6 Å². The maximum atomic E-state index is 15.5. The molecule has 0 bridgehead atoms. The Labute approximate surface area is 245 Å². The summed E-state index contributed by atoms with van der Waals surface area (Å²) in [6, 6.07) is 14.8. The highest BCUT2D eigenvalue weighted by molar-refractivity contribution is 6.04. The van der Waals surface area contributed by atoms with E-state index in [-0.39, 0.29) is 17.9 Å². The van der Waals surface area contributed by atoms with Crippen molar-refractivity contribution in [3.05, 3.63) is 99.5 Å². The lowest BCUT2D eigenvalue weighted by atomic mass is 9.90. The zero-order valence-corrected chi connectivity index (χ0v) is 25.1.